The van der Waals surface area contributed by atoms with Gasteiger partial charge in [-0.2, -0.15) is 0 Å². The molecular weight excluding hydrogens is 374 g/mol. The Balaban J connectivity index is 1.69. The number of amides is 1. The van der Waals surface area contributed by atoms with Crippen LogP contribution in [0.4, 0.5) is 0 Å². The molecule has 0 spiro atoms. The van der Waals surface area contributed by atoms with E-state index in [1.54, 1.807) is 0 Å². The van der Waals surface area contributed by atoms with Crippen molar-refractivity contribution in [3.05, 3.63) is 63.7 Å². The molecule has 0 saturated carbocycles. The lowest BCUT2D eigenvalue weighted by molar-refractivity contribution is -0.135. The van der Waals surface area contributed by atoms with Crippen molar-refractivity contribution in [3.63, 3.8) is 0 Å². The largest absolute Gasteiger partial charge is 0.483 e. The van der Waals surface area contributed by atoms with Crippen molar-refractivity contribution in [3.8, 4) is 5.75 Å². The second-order valence-corrected chi connectivity index (χ2v) is 7.99. The van der Waals surface area contributed by atoms with Gasteiger partial charge in [-0.1, -0.05) is 41.4 Å². The molecule has 1 saturated heterocycles. The summed E-state index contributed by atoms with van der Waals surface area (Å²) >= 11 is 5.99. The number of carbonyl (C=O) groups is 1. The van der Waals surface area contributed by atoms with Gasteiger partial charge in [0.15, 0.2) is 6.61 Å². The quantitative estimate of drug-likeness (QED) is 0.665. The van der Waals surface area contributed by atoms with Crippen molar-refractivity contribution in [2.24, 2.45) is 0 Å². The number of hydrogen-bond donors (Lipinski definition) is 0. The van der Waals surface area contributed by atoms with Crippen molar-refractivity contribution < 1.29 is 14.3 Å². The van der Waals surface area contributed by atoms with E-state index >= 15 is 0 Å². The maximum atomic E-state index is 13.0. The normalized spacial score (nSPS) is 16.2. The highest BCUT2D eigenvalue weighted by Gasteiger charge is 2.23. The van der Waals surface area contributed by atoms with Crippen molar-refractivity contribution in [2.75, 3.05) is 19.8 Å². The van der Waals surface area contributed by atoms with E-state index in [4.69, 9.17) is 21.1 Å². The molecule has 28 heavy (non-hydrogen) atoms. The average molecular weight is 402 g/mol. The Bertz CT molecular complexity index is 790. The van der Waals surface area contributed by atoms with Crippen molar-refractivity contribution in [1.29, 1.82) is 0 Å². The van der Waals surface area contributed by atoms with E-state index in [-0.39, 0.29) is 18.6 Å². The molecule has 3 rings (SSSR count). The third-order valence-corrected chi connectivity index (χ3v) is 5.28. The minimum Gasteiger partial charge on any atom is -0.483 e. The molecule has 2 aromatic rings. The Kier molecular flexibility index (Phi) is 6.97. The highest BCUT2D eigenvalue weighted by atomic mass is 35.5. The molecule has 1 heterocycles. The zero-order valence-electron chi connectivity index (χ0n) is 16.8. The molecule has 0 N–H and O–H groups in total. The molecule has 0 radical (unpaired) electrons. The molecule has 150 valence electrons. The molecule has 1 aliphatic rings. The molecule has 2 aromatic carbocycles. The lowest BCUT2D eigenvalue weighted by Crippen LogP contribution is -2.39. The first-order valence-electron chi connectivity index (χ1n) is 9.77. The molecule has 1 aliphatic heterocycles. The Morgan fingerprint density at radius 2 is 1.86 bits per heavy atom. The van der Waals surface area contributed by atoms with Gasteiger partial charge in [0, 0.05) is 24.7 Å². The van der Waals surface area contributed by atoms with Gasteiger partial charge in [0.25, 0.3) is 5.91 Å². The van der Waals surface area contributed by atoms with E-state index in [9.17, 15) is 4.79 Å². The van der Waals surface area contributed by atoms with Gasteiger partial charge in [0.2, 0.25) is 0 Å². The fraction of sp³-hybridized carbons (Fsp3) is 0.435. The van der Waals surface area contributed by atoms with Crippen LogP contribution in [0.3, 0.4) is 0 Å². The second kappa shape index (κ2) is 9.44. The second-order valence-electron chi connectivity index (χ2n) is 7.55. The summed E-state index contributed by atoms with van der Waals surface area (Å²) in [6.45, 7) is 7.97. The van der Waals surface area contributed by atoms with Gasteiger partial charge in [0.1, 0.15) is 5.75 Å². The Hall–Kier alpha value is -2.04. The van der Waals surface area contributed by atoms with Gasteiger partial charge < -0.3 is 14.4 Å². The van der Waals surface area contributed by atoms with Crippen LogP contribution >= 0.6 is 11.6 Å². The summed E-state index contributed by atoms with van der Waals surface area (Å²) in [5, 5.41) is 0.689. The van der Waals surface area contributed by atoms with Crippen LogP contribution in [0, 0.1) is 20.8 Å². The Morgan fingerprint density at radius 3 is 2.46 bits per heavy atom. The summed E-state index contributed by atoms with van der Waals surface area (Å²) in [5.41, 5.74) is 4.33. The summed E-state index contributed by atoms with van der Waals surface area (Å²) in [4.78, 5) is 14.8. The summed E-state index contributed by atoms with van der Waals surface area (Å²) in [5.74, 6) is 0.757. The van der Waals surface area contributed by atoms with Crippen LogP contribution in [-0.2, 0) is 16.1 Å². The molecule has 5 heteroatoms. The molecule has 1 atom stereocenters. The van der Waals surface area contributed by atoms with Crippen molar-refractivity contribution in [2.45, 2.75) is 46.3 Å². The summed E-state index contributed by atoms with van der Waals surface area (Å²) in [6.07, 6.45) is 2.13. The monoisotopic (exact) mass is 401 g/mol. The maximum Gasteiger partial charge on any atom is 0.260 e. The lowest BCUT2D eigenvalue weighted by Gasteiger charge is -2.26. The zero-order valence-corrected chi connectivity index (χ0v) is 17.6. The zero-order chi connectivity index (χ0) is 20.1. The number of halogens is 1. The highest BCUT2D eigenvalue weighted by molar-refractivity contribution is 6.30. The number of nitrogens with zero attached hydrogens (tertiary/aromatic N) is 1. The van der Waals surface area contributed by atoms with E-state index in [0.29, 0.717) is 18.1 Å². The highest BCUT2D eigenvalue weighted by Crippen LogP contribution is 2.25. The fourth-order valence-corrected chi connectivity index (χ4v) is 3.84. The summed E-state index contributed by atoms with van der Waals surface area (Å²) < 4.78 is 11.7. The predicted molar refractivity (Wildman–Crippen MR) is 112 cm³/mol. The van der Waals surface area contributed by atoms with Crippen molar-refractivity contribution in [1.82, 2.24) is 4.90 Å². The van der Waals surface area contributed by atoms with Gasteiger partial charge in [-0.25, -0.2) is 0 Å². The number of rotatable bonds is 7. The van der Waals surface area contributed by atoms with E-state index in [1.807, 2.05) is 43.0 Å². The molecule has 0 aliphatic carbocycles. The van der Waals surface area contributed by atoms with Crippen LogP contribution in [0.2, 0.25) is 5.02 Å². The minimum atomic E-state index is -0.0372. The van der Waals surface area contributed by atoms with E-state index < -0.39 is 0 Å². The summed E-state index contributed by atoms with van der Waals surface area (Å²) in [7, 11) is 0. The predicted octanol–water partition coefficient (Wildman–Crippen LogP) is 4.85. The smallest absolute Gasteiger partial charge is 0.260 e. The molecule has 1 amide bonds. The first kappa shape index (κ1) is 20.7. The van der Waals surface area contributed by atoms with Crippen LogP contribution in [-0.4, -0.2) is 36.7 Å². The lowest BCUT2D eigenvalue weighted by atomic mass is 10.1. The molecule has 0 unspecified atom stereocenters. The van der Waals surface area contributed by atoms with Gasteiger partial charge in [-0.05, 0) is 62.4 Å². The Labute approximate surface area is 172 Å². The molecular formula is C23H28ClNO3. The van der Waals surface area contributed by atoms with Crippen LogP contribution in [0.1, 0.15) is 35.1 Å². The first-order valence-corrected chi connectivity index (χ1v) is 10.1. The minimum absolute atomic E-state index is 0.0189. The standard InChI is InChI=1S/C23H28ClNO3/c1-16-11-17(2)23(18(3)12-16)28-15-22(26)25(14-21-5-4-10-27-21)13-19-6-8-20(24)9-7-19/h6-9,11-12,21H,4-5,10,13-15H2,1-3H3/t21-/m0/s1. The van der Waals surface area contributed by atoms with E-state index in [1.165, 1.54) is 5.56 Å². The molecule has 4 nitrogen and oxygen atoms in total. The average Bonchev–Trinajstić information content (AvgIpc) is 3.15. The number of benzene rings is 2. The third kappa shape index (κ3) is 5.49. The number of carbonyl (C=O) groups excluding carboxylic acids is 1. The van der Waals surface area contributed by atoms with Gasteiger partial charge >= 0.3 is 0 Å². The van der Waals surface area contributed by atoms with Gasteiger partial charge in [-0.15, -0.1) is 0 Å². The third-order valence-electron chi connectivity index (χ3n) is 5.03. The SMILES string of the molecule is Cc1cc(C)c(OCC(=O)N(Cc2ccc(Cl)cc2)C[C@@H]2CCCO2)c(C)c1. The van der Waals surface area contributed by atoms with Crippen LogP contribution in [0.15, 0.2) is 36.4 Å². The Morgan fingerprint density at radius 1 is 1.18 bits per heavy atom. The topological polar surface area (TPSA) is 38.8 Å². The number of aryl methyl sites for hydroxylation is 3. The van der Waals surface area contributed by atoms with Crippen LogP contribution in [0.5, 0.6) is 5.75 Å². The van der Waals surface area contributed by atoms with Gasteiger partial charge in [0.05, 0.1) is 6.10 Å². The van der Waals surface area contributed by atoms with Gasteiger partial charge in [-0.3, -0.25) is 4.79 Å². The maximum absolute atomic E-state index is 13.0. The molecule has 1 fully saturated rings. The van der Waals surface area contributed by atoms with Crippen LogP contribution in [0.25, 0.3) is 0 Å². The number of hydrogen-bond acceptors (Lipinski definition) is 3. The molecule has 0 bridgehead atoms. The number of ether oxygens (including phenoxy) is 2. The fourth-order valence-electron chi connectivity index (χ4n) is 3.72. The van der Waals surface area contributed by atoms with E-state index in [0.717, 1.165) is 41.9 Å². The molecule has 0 aromatic heterocycles. The van der Waals surface area contributed by atoms with E-state index in [2.05, 4.69) is 19.1 Å². The van der Waals surface area contributed by atoms with Crippen molar-refractivity contribution >= 4 is 17.5 Å². The first-order chi connectivity index (χ1) is 13.4. The van der Waals surface area contributed by atoms with Crippen LogP contribution < -0.4 is 4.74 Å². The summed E-state index contributed by atoms with van der Waals surface area (Å²) in [6, 6.07) is 11.7.